The van der Waals surface area contributed by atoms with Crippen molar-refractivity contribution in [3.05, 3.63) is 30.1 Å². The zero-order chi connectivity index (χ0) is 17.1. The van der Waals surface area contributed by atoms with Crippen LogP contribution in [-0.4, -0.2) is 60.9 Å². The maximum absolute atomic E-state index is 13.0. The van der Waals surface area contributed by atoms with Crippen LogP contribution >= 0.6 is 0 Å². The van der Waals surface area contributed by atoms with Crippen molar-refractivity contribution in [2.45, 2.75) is 19.8 Å². The summed E-state index contributed by atoms with van der Waals surface area (Å²) < 4.78 is 13.0. The second kappa shape index (κ2) is 7.20. The standard InChI is InChI=1S/C18H24FN3O2/c1-14-6-8-21(9-7-14)17(23)18(24)22-12-10-20(11-13-22)16-4-2-15(19)3-5-16/h2-5,14H,6-13H2,1H3. The van der Waals surface area contributed by atoms with Gasteiger partial charge >= 0.3 is 11.8 Å². The van der Waals surface area contributed by atoms with Crippen molar-refractivity contribution < 1.29 is 14.0 Å². The van der Waals surface area contributed by atoms with Gasteiger partial charge in [0.1, 0.15) is 5.82 Å². The van der Waals surface area contributed by atoms with Crippen LogP contribution in [0.4, 0.5) is 10.1 Å². The molecule has 3 rings (SSSR count). The van der Waals surface area contributed by atoms with E-state index in [0.717, 1.165) is 18.5 Å². The number of piperidine rings is 1. The lowest BCUT2D eigenvalue weighted by Gasteiger charge is -2.37. The van der Waals surface area contributed by atoms with Crippen molar-refractivity contribution in [1.29, 1.82) is 0 Å². The molecule has 130 valence electrons. The van der Waals surface area contributed by atoms with Crippen molar-refractivity contribution >= 4 is 17.5 Å². The van der Waals surface area contributed by atoms with Crippen molar-refractivity contribution in [1.82, 2.24) is 9.80 Å². The third kappa shape index (κ3) is 3.68. The molecule has 0 atom stereocenters. The number of hydrogen-bond acceptors (Lipinski definition) is 3. The second-order valence-corrected chi connectivity index (χ2v) is 6.73. The Morgan fingerprint density at radius 3 is 1.92 bits per heavy atom. The number of nitrogens with zero attached hydrogens (tertiary/aromatic N) is 3. The minimum atomic E-state index is -0.386. The molecule has 0 bridgehead atoms. The molecule has 0 radical (unpaired) electrons. The van der Waals surface area contributed by atoms with Crippen LogP contribution in [0.25, 0.3) is 0 Å². The minimum absolute atomic E-state index is 0.256. The number of benzene rings is 1. The molecule has 2 amide bonds. The zero-order valence-corrected chi connectivity index (χ0v) is 14.1. The number of carbonyl (C=O) groups excluding carboxylic acids is 2. The fourth-order valence-corrected chi connectivity index (χ4v) is 3.30. The molecular weight excluding hydrogens is 309 g/mol. The molecule has 1 aromatic rings. The van der Waals surface area contributed by atoms with E-state index in [1.54, 1.807) is 21.9 Å². The average Bonchev–Trinajstić information content (AvgIpc) is 2.62. The summed E-state index contributed by atoms with van der Waals surface area (Å²) in [4.78, 5) is 30.2. The summed E-state index contributed by atoms with van der Waals surface area (Å²) in [5, 5.41) is 0. The van der Waals surface area contributed by atoms with Gasteiger partial charge < -0.3 is 14.7 Å². The zero-order valence-electron chi connectivity index (χ0n) is 14.1. The van der Waals surface area contributed by atoms with Crippen molar-refractivity contribution in [3.63, 3.8) is 0 Å². The van der Waals surface area contributed by atoms with Gasteiger partial charge in [-0.3, -0.25) is 9.59 Å². The van der Waals surface area contributed by atoms with Crippen LogP contribution in [0.5, 0.6) is 0 Å². The van der Waals surface area contributed by atoms with E-state index in [4.69, 9.17) is 0 Å². The highest BCUT2D eigenvalue weighted by Crippen LogP contribution is 2.19. The van der Waals surface area contributed by atoms with E-state index in [1.807, 2.05) is 0 Å². The molecule has 5 nitrogen and oxygen atoms in total. The molecule has 2 saturated heterocycles. The SMILES string of the molecule is CC1CCN(C(=O)C(=O)N2CCN(c3ccc(F)cc3)CC2)CC1. The van der Waals surface area contributed by atoms with Crippen LogP contribution in [0.15, 0.2) is 24.3 Å². The predicted molar refractivity (Wildman–Crippen MR) is 90.2 cm³/mol. The fraction of sp³-hybridized carbons (Fsp3) is 0.556. The molecule has 6 heteroatoms. The molecule has 0 N–H and O–H groups in total. The smallest absolute Gasteiger partial charge is 0.312 e. The lowest BCUT2D eigenvalue weighted by Crippen LogP contribution is -2.54. The van der Waals surface area contributed by atoms with Gasteiger partial charge in [0.15, 0.2) is 0 Å². The number of rotatable bonds is 1. The Morgan fingerprint density at radius 1 is 0.875 bits per heavy atom. The summed E-state index contributed by atoms with van der Waals surface area (Å²) in [6, 6.07) is 6.36. The Labute approximate surface area is 142 Å². The van der Waals surface area contributed by atoms with Crippen LogP contribution in [-0.2, 0) is 9.59 Å². The lowest BCUT2D eigenvalue weighted by atomic mass is 9.99. The summed E-state index contributed by atoms with van der Waals surface area (Å²) >= 11 is 0. The van der Waals surface area contributed by atoms with E-state index < -0.39 is 0 Å². The summed E-state index contributed by atoms with van der Waals surface area (Å²) in [6.45, 7) is 5.89. The molecule has 1 aromatic carbocycles. The van der Waals surface area contributed by atoms with Gasteiger partial charge in [0, 0.05) is 45.0 Å². The Bertz CT molecular complexity index is 589. The van der Waals surface area contributed by atoms with E-state index in [0.29, 0.717) is 45.2 Å². The number of piperazine rings is 1. The number of amides is 2. The van der Waals surface area contributed by atoms with Crippen LogP contribution in [0.2, 0.25) is 0 Å². The van der Waals surface area contributed by atoms with E-state index in [1.165, 1.54) is 12.1 Å². The maximum Gasteiger partial charge on any atom is 0.312 e. The highest BCUT2D eigenvalue weighted by molar-refractivity contribution is 6.34. The average molecular weight is 333 g/mol. The highest BCUT2D eigenvalue weighted by Gasteiger charge is 2.31. The Hall–Kier alpha value is -2.11. The highest BCUT2D eigenvalue weighted by atomic mass is 19.1. The molecule has 0 aromatic heterocycles. The first-order valence-corrected chi connectivity index (χ1v) is 8.63. The number of carbonyl (C=O) groups is 2. The topological polar surface area (TPSA) is 43.9 Å². The van der Waals surface area contributed by atoms with E-state index in [-0.39, 0.29) is 17.6 Å². The van der Waals surface area contributed by atoms with Crippen LogP contribution < -0.4 is 4.90 Å². The van der Waals surface area contributed by atoms with Crippen LogP contribution in [0, 0.1) is 11.7 Å². The fourth-order valence-electron chi connectivity index (χ4n) is 3.30. The lowest BCUT2D eigenvalue weighted by molar-refractivity contribution is -0.152. The monoisotopic (exact) mass is 333 g/mol. The molecule has 0 unspecified atom stereocenters. The third-order valence-electron chi connectivity index (χ3n) is 5.01. The van der Waals surface area contributed by atoms with Gasteiger partial charge in [0.2, 0.25) is 0 Å². The third-order valence-corrected chi connectivity index (χ3v) is 5.01. The van der Waals surface area contributed by atoms with Gasteiger partial charge in [0.05, 0.1) is 0 Å². The number of likely N-dealkylation sites (tertiary alicyclic amines) is 1. The predicted octanol–water partition coefficient (Wildman–Crippen LogP) is 1.73. The molecule has 2 aliphatic rings. The molecule has 0 spiro atoms. The molecular formula is C18H24FN3O2. The summed E-state index contributed by atoms with van der Waals surface area (Å²) in [6.07, 6.45) is 1.94. The van der Waals surface area contributed by atoms with Crippen molar-refractivity contribution in [2.75, 3.05) is 44.2 Å². The summed E-state index contributed by atoms with van der Waals surface area (Å²) in [5.41, 5.74) is 0.944. The van der Waals surface area contributed by atoms with Gasteiger partial charge in [-0.1, -0.05) is 6.92 Å². The normalized spacial score (nSPS) is 19.5. The molecule has 2 heterocycles. The van der Waals surface area contributed by atoms with Gasteiger partial charge in [-0.2, -0.15) is 0 Å². The van der Waals surface area contributed by atoms with Crippen molar-refractivity contribution in [3.8, 4) is 0 Å². The Kier molecular flexibility index (Phi) is 5.02. The first kappa shape index (κ1) is 16.7. The van der Waals surface area contributed by atoms with E-state index >= 15 is 0 Å². The van der Waals surface area contributed by atoms with Gasteiger partial charge in [-0.05, 0) is 43.0 Å². The molecule has 0 aliphatic carbocycles. The number of halogens is 1. The van der Waals surface area contributed by atoms with Gasteiger partial charge in [-0.15, -0.1) is 0 Å². The molecule has 2 aliphatic heterocycles. The second-order valence-electron chi connectivity index (χ2n) is 6.73. The molecule has 24 heavy (non-hydrogen) atoms. The van der Waals surface area contributed by atoms with E-state index in [9.17, 15) is 14.0 Å². The van der Waals surface area contributed by atoms with Gasteiger partial charge in [0.25, 0.3) is 0 Å². The van der Waals surface area contributed by atoms with Gasteiger partial charge in [-0.25, -0.2) is 4.39 Å². The van der Waals surface area contributed by atoms with Crippen LogP contribution in [0.1, 0.15) is 19.8 Å². The Balaban J connectivity index is 1.53. The van der Waals surface area contributed by atoms with Crippen LogP contribution in [0.3, 0.4) is 0 Å². The summed E-state index contributed by atoms with van der Waals surface area (Å²) in [5.74, 6) is -0.377. The largest absolute Gasteiger partial charge is 0.368 e. The maximum atomic E-state index is 13.0. The van der Waals surface area contributed by atoms with E-state index in [2.05, 4.69) is 11.8 Å². The Morgan fingerprint density at radius 2 is 1.38 bits per heavy atom. The molecule has 0 saturated carbocycles. The quantitative estimate of drug-likeness (QED) is 0.735. The first-order chi connectivity index (χ1) is 11.5. The number of anilines is 1. The molecule has 2 fully saturated rings. The first-order valence-electron chi connectivity index (χ1n) is 8.63. The summed E-state index contributed by atoms with van der Waals surface area (Å²) in [7, 11) is 0. The number of hydrogen-bond donors (Lipinski definition) is 0. The van der Waals surface area contributed by atoms with Crippen molar-refractivity contribution in [2.24, 2.45) is 5.92 Å². The minimum Gasteiger partial charge on any atom is -0.368 e.